The number of fused-ring (bicyclic) bond motifs is 1. The molecular formula is C11H15ClFN. The molecule has 0 aliphatic carbocycles. The first-order valence-electron chi connectivity index (χ1n) is 4.60. The Morgan fingerprint density at radius 1 is 1.36 bits per heavy atom. The Balaban J connectivity index is 0.000000980. The molecule has 1 aliphatic rings. The molecule has 0 saturated carbocycles. The molecule has 1 aliphatic heterocycles. The Morgan fingerprint density at radius 3 is 2.71 bits per heavy atom. The van der Waals surface area contributed by atoms with Crippen LogP contribution in [0.2, 0.25) is 0 Å². The van der Waals surface area contributed by atoms with Crippen LogP contribution in [0.15, 0.2) is 18.2 Å². The third-order valence-electron chi connectivity index (χ3n) is 2.66. The Bertz CT molecular complexity index is 336. The van der Waals surface area contributed by atoms with E-state index in [4.69, 9.17) is 0 Å². The van der Waals surface area contributed by atoms with Crippen molar-refractivity contribution in [2.75, 3.05) is 6.54 Å². The number of halogens is 2. The summed E-state index contributed by atoms with van der Waals surface area (Å²) in [7, 11) is 0. The number of hydrogen-bond acceptors (Lipinski definition) is 1. The van der Waals surface area contributed by atoms with Gasteiger partial charge in [-0.15, -0.1) is 12.4 Å². The first kappa shape index (κ1) is 11.5. The van der Waals surface area contributed by atoms with Crippen molar-refractivity contribution in [3.05, 3.63) is 35.1 Å². The summed E-state index contributed by atoms with van der Waals surface area (Å²) in [5.74, 6) is -0.0657. The van der Waals surface area contributed by atoms with Crippen LogP contribution in [0.1, 0.15) is 25.0 Å². The molecule has 0 atom stereocenters. The topological polar surface area (TPSA) is 12.0 Å². The van der Waals surface area contributed by atoms with E-state index in [0.29, 0.717) is 0 Å². The first-order chi connectivity index (χ1) is 6.11. The van der Waals surface area contributed by atoms with Gasteiger partial charge in [0, 0.05) is 18.5 Å². The third kappa shape index (κ3) is 1.77. The molecule has 1 heterocycles. The summed E-state index contributed by atoms with van der Waals surface area (Å²) >= 11 is 0. The van der Waals surface area contributed by atoms with Crippen molar-refractivity contribution in [3.63, 3.8) is 0 Å². The zero-order valence-corrected chi connectivity index (χ0v) is 9.25. The Morgan fingerprint density at radius 2 is 2.07 bits per heavy atom. The van der Waals surface area contributed by atoms with Gasteiger partial charge in [0.1, 0.15) is 5.82 Å². The van der Waals surface area contributed by atoms with Gasteiger partial charge >= 0.3 is 0 Å². The molecule has 0 fully saturated rings. The summed E-state index contributed by atoms with van der Waals surface area (Å²) in [6.45, 7) is 5.78. The molecule has 1 N–H and O–H groups in total. The van der Waals surface area contributed by atoms with Crippen molar-refractivity contribution >= 4 is 12.4 Å². The predicted molar refractivity (Wildman–Crippen MR) is 58.4 cm³/mol. The molecule has 3 heteroatoms. The Labute approximate surface area is 90.1 Å². The summed E-state index contributed by atoms with van der Waals surface area (Å²) in [6.07, 6.45) is 0. The molecular weight excluding hydrogens is 201 g/mol. The van der Waals surface area contributed by atoms with Crippen molar-refractivity contribution in [1.82, 2.24) is 5.32 Å². The molecule has 14 heavy (non-hydrogen) atoms. The van der Waals surface area contributed by atoms with Crippen LogP contribution in [-0.2, 0) is 12.0 Å². The van der Waals surface area contributed by atoms with Crippen molar-refractivity contribution in [2.45, 2.75) is 25.8 Å². The third-order valence-corrected chi connectivity index (χ3v) is 2.66. The van der Waals surface area contributed by atoms with Crippen LogP contribution < -0.4 is 5.32 Å². The SMILES string of the molecule is CC1(C)CNCc2cccc(F)c21.Cl. The maximum absolute atomic E-state index is 13.5. The first-order valence-corrected chi connectivity index (χ1v) is 4.60. The molecule has 0 radical (unpaired) electrons. The van der Waals surface area contributed by atoms with Gasteiger partial charge in [0.2, 0.25) is 0 Å². The highest BCUT2D eigenvalue weighted by Crippen LogP contribution is 2.31. The Hall–Kier alpha value is -0.600. The number of hydrogen-bond donors (Lipinski definition) is 1. The Kier molecular flexibility index (Phi) is 3.17. The summed E-state index contributed by atoms with van der Waals surface area (Å²) < 4.78 is 13.5. The minimum Gasteiger partial charge on any atom is -0.312 e. The van der Waals surface area contributed by atoms with E-state index in [1.807, 2.05) is 6.07 Å². The normalized spacial score (nSPS) is 18.2. The van der Waals surface area contributed by atoms with Gasteiger partial charge in [-0.3, -0.25) is 0 Å². The molecule has 0 saturated heterocycles. The molecule has 0 unspecified atom stereocenters. The molecule has 1 nitrogen and oxygen atoms in total. The van der Waals surface area contributed by atoms with Crippen LogP contribution in [0.5, 0.6) is 0 Å². The lowest BCUT2D eigenvalue weighted by Gasteiger charge is -2.33. The van der Waals surface area contributed by atoms with Gasteiger partial charge < -0.3 is 5.32 Å². The van der Waals surface area contributed by atoms with Crippen LogP contribution >= 0.6 is 12.4 Å². The summed E-state index contributed by atoms with van der Waals surface area (Å²) in [6, 6.07) is 5.31. The lowest BCUT2D eigenvalue weighted by molar-refractivity contribution is 0.411. The van der Waals surface area contributed by atoms with Gasteiger partial charge in [0.05, 0.1) is 0 Å². The summed E-state index contributed by atoms with van der Waals surface area (Å²) in [5, 5.41) is 3.29. The van der Waals surface area contributed by atoms with Crippen molar-refractivity contribution < 1.29 is 4.39 Å². The zero-order chi connectivity index (χ0) is 9.47. The second kappa shape index (κ2) is 3.87. The highest BCUT2D eigenvalue weighted by Gasteiger charge is 2.29. The van der Waals surface area contributed by atoms with Gasteiger partial charge in [-0.1, -0.05) is 26.0 Å². The molecule has 1 aromatic rings. The van der Waals surface area contributed by atoms with E-state index in [0.717, 1.165) is 24.2 Å². The second-order valence-electron chi connectivity index (χ2n) is 4.26. The van der Waals surface area contributed by atoms with Crippen LogP contribution in [0.4, 0.5) is 4.39 Å². The van der Waals surface area contributed by atoms with Gasteiger partial charge in [-0.05, 0) is 17.2 Å². The summed E-state index contributed by atoms with van der Waals surface area (Å²) in [5.41, 5.74) is 1.89. The fourth-order valence-electron chi connectivity index (χ4n) is 2.07. The minimum atomic E-state index is -0.0844. The van der Waals surface area contributed by atoms with E-state index < -0.39 is 0 Å². The van der Waals surface area contributed by atoms with E-state index >= 15 is 0 Å². The zero-order valence-electron chi connectivity index (χ0n) is 8.43. The maximum atomic E-state index is 13.5. The number of rotatable bonds is 0. The van der Waals surface area contributed by atoms with Gasteiger partial charge in [0.15, 0.2) is 0 Å². The largest absolute Gasteiger partial charge is 0.312 e. The van der Waals surface area contributed by atoms with Crippen LogP contribution in [-0.4, -0.2) is 6.54 Å². The number of nitrogens with one attached hydrogen (secondary N) is 1. The van der Waals surface area contributed by atoms with Crippen molar-refractivity contribution in [2.24, 2.45) is 0 Å². The molecule has 1 aromatic carbocycles. The molecule has 0 bridgehead atoms. The molecule has 2 rings (SSSR count). The van der Waals surface area contributed by atoms with E-state index in [2.05, 4.69) is 19.2 Å². The van der Waals surface area contributed by atoms with Crippen molar-refractivity contribution in [1.29, 1.82) is 0 Å². The smallest absolute Gasteiger partial charge is 0.127 e. The van der Waals surface area contributed by atoms with Crippen molar-refractivity contribution in [3.8, 4) is 0 Å². The van der Waals surface area contributed by atoms with Gasteiger partial charge in [0.25, 0.3) is 0 Å². The van der Waals surface area contributed by atoms with E-state index in [-0.39, 0.29) is 23.6 Å². The lowest BCUT2D eigenvalue weighted by atomic mass is 9.79. The number of benzene rings is 1. The predicted octanol–water partition coefficient (Wildman–Crippen LogP) is 2.63. The van der Waals surface area contributed by atoms with Crippen LogP contribution in [0, 0.1) is 5.82 Å². The average Bonchev–Trinajstić information content (AvgIpc) is 2.02. The van der Waals surface area contributed by atoms with E-state index in [1.54, 1.807) is 12.1 Å². The maximum Gasteiger partial charge on any atom is 0.127 e. The van der Waals surface area contributed by atoms with Gasteiger partial charge in [-0.25, -0.2) is 4.39 Å². The highest BCUT2D eigenvalue weighted by atomic mass is 35.5. The molecule has 0 amide bonds. The fraction of sp³-hybridized carbons (Fsp3) is 0.455. The minimum absolute atomic E-state index is 0. The summed E-state index contributed by atoms with van der Waals surface area (Å²) in [4.78, 5) is 0. The van der Waals surface area contributed by atoms with Crippen LogP contribution in [0.25, 0.3) is 0 Å². The van der Waals surface area contributed by atoms with E-state index in [1.165, 1.54) is 0 Å². The van der Waals surface area contributed by atoms with Crippen LogP contribution in [0.3, 0.4) is 0 Å². The standard InChI is InChI=1S/C11H14FN.ClH/c1-11(2)7-13-6-8-4-3-5-9(12)10(8)11;/h3-5,13H,6-7H2,1-2H3;1H. The molecule has 78 valence electrons. The second-order valence-corrected chi connectivity index (χ2v) is 4.26. The fourth-order valence-corrected chi connectivity index (χ4v) is 2.07. The lowest BCUT2D eigenvalue weighted by Crippen LogP contribution is -2.39. The average molecular weight is 216 g/mol. The monoisotopic (exact) mass is 215 g/mol. The van der Waals surface area contributed by atoms with Gasteiger partial charge in [-0.2, -0.15) is 0 Å². The highest BCUT2D eigenvalue weighted by molar-refractivity contribution is 5.85. The molecule has 0 aromatic heterocycles. The van der Waals surface area contributed by atoms with E-state index in [9.17, 15) is 4.39 Å². The molecule has 0 spiro atoms. The quantitative estimate of drug-likeness (QED) is 0.702.